The number of aromatic amines is 2. The first-order valence-electron chi connectivity index (χ1n) is 40.3. The number of imidazole rings is 1. The van der Waals surface area contributed by atoms with Crippen molar-refractivity contribution in [3.8, 4) is 5.75 Å². The monoisotopic (exact) mass is 1710 g/mol. The van der Waals surface area contributed by atoms with Gasteiger partial charge in [-0.05, 0) is 98.2 Å². The van der Waals surface area contributed by atoms with Crippen LogP contribution in [0.25, 0.3) is 10.9 Å². The van der Waals surface area contributed by atoms with Crippen molar-refractivity contribution >= 4 is 118 Å². The van der Waals surface area contributed by atoms with Crippen molar-refractivity contribution in [1.82, 2.24) is 94.3 Å². The summed E-state index contributed by atoms with van der Waals surface area (Å²) in [5.74, 6) is -14.0. The summed E-state index contributed by atoms with van der Waals surface area (Å²) in [6.07, 6.45) is 2.78. The number of H-pyrrole nitrogens is 2. The number of aliphatic hydroxyl groups excluding tert-OH is 1. The minimum Gasteiger partial charge on any atom is -0.508 e. The molecule has 2 aromatic heterocycles. The van der Waals surface area contributed by atoms with Gasteiger partial charge in [0, 0.05) is 81.2 Å². The zero-order valence-corrected chi connectivity index (χ0v) is 70.0. The van der Waals surface area contributed by atoms with E-state index in [0.717, 1.165) is 5.56 Å². The van der Waals surface area contributed by atoms with Crippen LogP contribution in [0, 0.1) is 17.2 Å². The van der Waals surface area contributed by atoms with Crippen LogP contribution in [0.4, 0.5) is 0 Å². The number of aliphatic hydroxyl groups is 1. The second-order valence-electron chi connectivity index (χ2n) is 30.5. The minimum atomic E-state index is -1.71. The Morgan fingerprint density at radius 1 is 0.549 bits per heavy atom. The average molecular weight is 1710 g/mol. The van der Waals surface area contributed by atoms with E-state index in [1.165, 1.54) is 62.5 Å². The van der Waals surface area contributed by atoms with Gasteiger partial charge in [0.1, 0.15) is 78.3 Å². The summed E-state index contributed by atoms with van der Waals surface area (Å²) in [6, 6.07) is 13.3. The number of hydrogen-bond acceptors (Lipinski definition) is 20. The van der Waals surface area contributed by atoms with Crippen LogP contribution in [0.1, 0.15) is 115 Å². The Morgan fingerprint density at radius 3 is 1.63 bits per heavy atom. The van der Waals surface area contributed by atoms with E-state index in [2.05, 4.69) is 102 Å². The Bertz CT molecular complexity index is 4600. The third kappa shape index (κ3) is 30.4. The summed E-state index contributed by atoms with van der Waals surface area (Å²) in [4.78, 5) is 222. The first kappa shape index (κ1) is 96.2. The fourth-order valence-electron chi connectivity index (χ4n) is 13.6. The summed E-state index contributed by atoms with van der Waals surface area (Å²) >= 11 is 4.20. The predicted molar refractivity (Wildman–Crippen MR) is 453 cm³/mol. The molecule has 1 aliphatic rings. The van der Waals surface area contributed by atoms with E-state index in [-0.39, 0.29) is 94.0 Å². The number of carbonyl (C=O) groups excluding carboxylic acids is 15. The second kappa shape index (κ2) is 47.7. The number of phenols is 1. The van der Waals surface area contributed by atoms with Crippen LogP contribution in [0.5, 0.6) is 5.75 Å². The largest absolute Gasteiger partial charge is 0.508 e. The maximum Gasteiger partial charge on any atom is 0.245 e. The molecule has 39 heteroatoms. The van der Waals surface area contributed by atoms with Crippen LogP contribution >= 0.6 is 12.6 Å². The Morgan fingerprint density at radius 2 is 1.07 bits per heavy atom. The molecule has 0 aliphatic carbocycles. The maximum atomic E-state index is 15.2. The highest BCUT2D eigenvalue weighted by molar-refractivity contribution is 7.80. The molecule has 0 saturated carbocycles. The number of nitrogens with two attached hydrogens (primary N) is 2. The molecule has 14 atom stereocenters. The number of likely N-dealkylation sites (tertiary alicyclic amines) is 1. The molecule has 658 valence electrons. The van der Waals surface area contributed by atoms with Gasteiger partial charge in [-0.3, -0.25) is 77.3 Å². The van der Waals surface area contributed by atoms with Crippen molar-refractivity contribution in [2.75, 3.05) is 31.9 Å². The van der Waals surface area contributed by atoms with Crippen LogP contribution in [0.3, 0.4) is 0 Å². The van der Waals surface area contributed by atoms with E-state index in [4.69, 9.17) is 16.9 Å². The number of aromatic hydroxyl groups is 1. The van der Waals surface area contributed by atoms with E-state index in [0.29, 0.717) is 40.4 Å². The number of guanidine groups is 1. The smallest absolute Gasteiger partial charge is 0.245 e. The number of primary amides is 1. The van der Waals surface area contributed by atoms with Gasteiger partial charge in [-0.25, -0.2) is 4.98 Å². The number of para-hydroxylation sites is 1. The van der Waals surface area contributed by atoms with E-state index >= 15 is 9.59 Å². The molecular formula is C83H113N21O17S. The Labute approximate surface area is 711 Å². The minimum absolute atomic E-state index is 0.0348. The Balaban J connectivity index is 1.10. The molecule has 4 aromatic carbocycles. The molecule has 6 aromatic rings. The normalized spacial score (nSPS) is 15.6. The van der Waals surface area contributed by atoms with Gasteiger partial charge in [0.2, 0.25) is 88.6 Å². The summed E-state index contributed by atoms with van der Waals surface area (Å²) in [5, 5.41) is 66.3. The van der Waals surface area contributed by atoms with Crippen molar-refractivity contribution in [1.29, 1.82) is 5.41 Å². The maximum absolute atomic E-state index is 15.2. The molecule has 3 heterocycles. The Hall–Kier alpha value is -12.9. The van der Waals surface area contributed by atoms with Gasteiger partial charge in [-0.2, -0.15) is 12.6 Å². The fraction of sp³-hybridized carbons (Fsp3) is 0.458. The highest BCUT2D eigenvalue weighted by Gasteiger charge is 2.42. The van der Waals surface area contributed by atoms with Crippen molar-refractivity contribution in [3.05, 3.63) is 156 Å². The number of hydrogen-bond donors (Lipinski definition) is 22. The van der Waals surface area contributed by atoms with E-state index in [1.807, 2.05) is 13.8 Å². The van der Waals surface area contributed by atoms with E-state index in [9.17, 15) is 72.5 Å². The molecule has 15 amide bonds. The summed E-state index contributed by atoms with van der Waals surface area (Å²) in [6.45, 7) is 9.62. The highest BCUT2D eigenvalue weighted by Crippen LogP contribution is 2.24. The van der Waals surface area contributed by atoms with Crippen LogP contribution in [-0.4, -0.2) is 235 Å². The highest BCUT2D eigenvalue weighted by atomic mass is 32.1. The molecule has 23 N–H and O–H groups in total. The number of amides is 15. The summed E-state index contributed by atoms with van der Waals surface area (Å²) < 4.78 is 0. The number of fused-ring (bicyclic) bond motifs is 1. The summed E-state index contributed by atoms with van der Waals surface area (Å²) in [5.41, 5.74) is 13.9. The van der Waals surface area contributed by atoms with Crippen LogP contribution < -0.4 is 85.9 Å². The van der Waals surface area contributed by atoms with Crippen molar-refractivity contribution in [2.45, 2.75) is 198 Å². The van der Waals surface area contributed by atoms with Gasteiger partial charge in [-0.15, -0.1) is 0 Å². The molecule has 0 unspecified atom stereocenters. The second-order valence-corrected chi connectivity index (χ2v) is 30.9. The molecule has 1 aliphatic heterocycles. The lowest BCUT2D eigenvalue weighted by Gasteiger charge is -2.31. The van der Waals surface area contributed by atoms with Crippen LogP contribution in [0.15, 0.2) is 128 Å². The topological polar surface area (TPSA) is 589 Å². The first-order valence-corrected chi connectivity index (χ1v) is 40.9. The zero-order valence-electron chi connectivity index (χ0n) is 69.1. The molecule has 1 fully saturated rings. The third-order valence-electron chi connectivity index (χ3n) is 20.3. The van der Waals surface area contributed by atoms with Gasteiger partial charge >= 0.3 is 0 Å². The quantitative estimate of drug-likeness (QED) is 0.00839. The number of phenolic OH excluding ortho intramolecular Hbond substituents is 1. The SMILES string of the molecule is CC[C@H](C)[C@H](NC(=O)[C@H](Cc1ccccc1)NC(C)=O)C(=O)N[C@H](C(=O)NCC(=O)N[C@@H](Cc1c[nH]cn1)C(=O)N[C@@H](Cc1ccc(O)cc1)C(=O)N[C@@H](Cc1c[nH]c2ccccc12)C(=O)N[C@@H](C)C(=O)N[C@@H](CCCNC(=N)N)C(=O)N[C@@H](Cc1ccccc1)C(=O)N[C@@H](CC(C)C)C(=O)N1CCC[C@H]1C(=O)N[C@@H](CS)C(=O)NCC(N)=O)[C@@H](C)O. The Kier molecular flexibility index (Phi) is 37.6. The average Bonchev–Trinajstić information content (AvgIpc) is 1.69. The standard InChI is InChI=1S/C83H113N21O17S/c1-8-46(4)69(102-78(117)59(94-49(7)106)34-50-19-11-9-12-20-50)81(120)103-70(48(6)105)80(119)91-42-68(109)95-63(38-54-40-87-44-92-54)77(116)98-61(36-52-27-29-55(107)30-28-52)75(114)99-62(37-53-39-89-57-24-16-15-23-56(53)57)74(113)93-47(5)71(110)96-58(25-17-31-88-83(85)86)73(112)97-60(35-51-21-13-10-14-22-51)76(115)100-64(33-45(2)3)82(121)104-32-18-26-66(104)79(118)101-65(43-122)72(111)90-41-67(84)108/h9-16,19-24,27-30,39-40,44-48,58-66,69-70,89,105,107,122H,8,17-18,25-26,31-38,41-43H2,1-7H3,(H2,84,108)(H,87,92)(H,90,111)(H,91,119)(H,93,113)(H,94,106)(H,95,109)(H,96,110)(H,97,112)(H,98,116)(H,99,114)(H,100,115)(H,101,118)(H,102,117)(H,103,120)(H4,85,86,88)/t46-,47-,48+,58-,59-,60-,61-,62-,63-,64-,65-,66-,69-,70-/m0/s1. The van der Waals surface area contributed by atoms with Gasteiger partial charge in [0.05, 0.1) is 31.2 Å². The third-order valence-corrected chi connectivity index (χ3v) is 20.7. The molecule has 38 nitrogen and oxygen atoms in total. The van der Waals surface area contributed by atoms with Gasteiger partial charge in [-0.1, -0.05) is 125 Å². The molecule has 7 rings (SSSR count). The number of nitrogens with one attached hydrogen (secondary N) is 17. The van der Waals surface area contributed by atoms with Gasteiger partial charge in [0.15, 0.2) is 5.96 Å². The zero-order chi connectivity index (χ0) is 89.3. The molecular weight excluding hydrogens is 1600 g/mol. The van der Waals surface area contributed by atoms with E-state index in [1.54, 1.807) is 105 Å². The van der Waals surface area contributed by atoms with Gasteiger partial charge < -0.3 is 111 Å². The molecule has 1 saturated heterocycles. The first-order chi connectivity index (χ1) is 58.1. The lowest BCUT2D eigenvalue weighted by molar-refractivity contribution is -0.142. The number of carbonyl (C=O) groups is 15. The predicted octanol–water partition coefficient (Wildman–Crippen LogP) is -2.14. The number of aromatic nitrogens is 3. The van der Waals surface area contributed by atoms with E-state index < -0.39 is 192 Å². The fourth-order valence-corrected chi connectivity index (χ4v) is 13.9. The number of thiol groups is 1. The van der Waals surface area contributed by atoms with Gasteiger partial charge in [0.25, 0.3) is 0 Å². The van der Waals surface area contributed by atoms with Crippen molar-refractivity contribution in [2.24, 2.45) is 23.3 Å². The number of nitrogens with zero attached hydrogens (tertiary/aromatic N) is 2. The summed E-state index contributed by atoms with van der Waals surface area (Å²) in [7, 11) is 0. The number of rotatable bonds is 47. The molecule has 122 heavy (non-hydrogen) atoms. The number of benzene rings is 4. The molecule has 0 spiro atoms. The van der Waals surface area contributed by atoms with Crippen molar-refractivity contribution < 1.29 is 82.1 Å². The van der Waals surface area contributed by atoms with Crippen molar-refractivity contribution in [3.63, 3.8) is 0 Å². The molecule has 0 radical (unpaired) electrons. The lowest BCUT2D eigenvalue weighted by atomic mass is 9.96. The van der Waals surface area contributed by atoms with Crippen LogP contribution in [0.2, 0.25) is 0 Å². The lowest BCUT2D eigenvalue weighted by Crippen LogP contribution is -2.61. The van der Waals surface area contributed by atoms with Crippen LogP contribution in [-0.2, 0) is 104 Å². The molecule has 0 bridgehead atoms.